The molecule has 0 fully saturated rings. The fourth-order valence-corrected chi connectivity index (χ4v) is 1.85. The summed E-state index contributed by atoms with van der Waals surface area (Å²) in [6.07, 6.45) is 3.33. The molecule has 2 aromatic rings. The summed E-state index contributed by atoms with van der Waals surface area (Å²) >= 11 is 9.22. The number of aryl methyl sites for hydroxylation is 1. The third kappa shape index (κ3) is 2.11. The molecule has 6 heteroatoms. The molecule has 0 aliphatic heterocycles. The van der Waals surface area contributed by atoms with Gasteiger partial charge in [0.2, 0.25) is 0 Å². The number of pyridine rings is 1. The van der Waals surface area contributed by atoms with Crippen molar-refractivity contribution in [2.75, 3.05) is 0 Å². The highest BCUT2D eigenvalue weighted by atomic mass is 79.9. The van der Waals surface area contributed by atoms with Crippen LogP contribution >= 0.6 is 27.5 Å². The Morgan fingerprint density at radius 3 is 2.88 bits per heavy atom. The Hall–Kier alpha value is -0.910. The van der Waals surface area contributed by atoms with Crippen molar-refractivity contribution < 1.29 is 5.11 Å². The van der Waals surface area contributed by atoms with Gasteiger partial charge in [-0.2, -0.15) is 5.10 Å². The van der Waals surface area contributed by atoms with E-state index in [4.69, 9.17) is 11.6 Å². The van der Waals surface area contributed by atoms with E-state index < -0.39 is 0 Å². The molecule has 0 amide bonds. The minimum absolute atomic E-state index is 0.0989. The average molecular weight is 303 g/mol. The van der Waals surface area contributed by atoms with Crippen LogP contribution in [0.4, 0.5) is 0 Å². The molecule has 2 aromatic heterocycles. The number of hydrogen-bond donors (Lipinski definition) is 1. The number of nitrogens with zero attached hydrogens (tertiary/aromatic N) is 3. The molecule has 84 valence electrons. The Morgan fingerprint density at radius 1 is 1.56 bits per heavy atom. The van der Waals surface area contributed by atoms with Crippen LogP contribution < -0.4 is 0 Å². The van der Waals surface area contributed by atoms with Crippen LogP contribution in [0, 0.1) is 6.92 Å². The first-order valence-corrected chi connectivity index (χ1v) is 5.76. The minimum Gasteiger partial charge on any atom is -0.392 e. The molecule has 0 atom stereocenters. The summed E-state index contributed by atoms with van der Waals surface area (Å²) in [5.74, 6) is 0.584. The second-order valence-electron chi connectivity index (χ2n) is 3.30. The fraction of sp³-hybridized carbons (Fsp3) is 0.200. The van der Waals surface area contributed by atoms with Crippen molar-refractivity contribution in [3.8, 4) is 5.82 Å². The fourth-order valence-electron chi connectivity index (χ4n) is 1.34. The number of aliphatic hydroxyl groups excluding tert-OH is 1. The largest absolute Gasteiger partial charge is 0.392 e. The number of halogens is 2. The molecule has 0 aliphatic carbocycles. The summed E-state index contributed by atoms with van der Waals surface area (Å²) in [4.78, 5) is 4.21. The SMILES string of the molecule is Cc1nn(-c2ncc(Br)cc2CO)cc1Cl. The first-order valence-electron chi connectivity index (χ1n) is 4.59. The predicted molar refractivity (Wildman–Crippen MR) is 64.7 cm³/mol. The lowest BCUT2D eigenvalue weighted by atomic mass is 10.3. The van der Waals surface area contributed by atoms with E-state index in [1.54, 1.807) is 23.1 Å². The highest BCUT2D eigenvalue weighted by Gasteiger charge is 2.09. The van der Waals surface area contributed by atoms with Gasteiger partial charge < -0.3 is 5.11 Å². The van der Waals surface area contributed by atoms with Crippen LogP contribution in [-0.2, 0) is 6.61 Å². The zero-order valence-electron chi connectivity index (χ0n) is 8.48. The topological polar surface area (TPSA) is 50.9 Å². The molecule has 0 aliphatic rings. The summed E-state index contributed by atoms with van der Waals surface area (Å²) in [6, 6.07) is 1.80. The van der Waals surface area contributed by atoms with Gasteiger partial charge in [0.05, 0.1) is 23.5 Å². The first kappa shape index (κ1) is 11.6. The van der Waals surface area contributed by atoms with Gasteiger partial charge in [0, 0.05) is 16.2 Å². The normalized spacial score (nSPS) is 10.8. The van der Waals surface area contributed by atoms with Crippen LogP contribution in [0.2, 0.25) is 5.02 Å². The highest BCUT2D eigenvalue weighted by Crippen LogP contribution is 2.20. The van der Waals surface area contributed by atoms with Crippen molar-refractivity contribution in [1.29, 1.82) is 0 Å². The Morgan fingerprint density at radius 2 is 2.31 bits per heavy atom. The van der Waals surface area contributed by atoms with Crippen LogP contribution in [0.15, 0.2) is 22.9 Å². The van der Waals surface area contributed by atoms with Crippen LogP contribution in [-0.4, -0.2) is 19.9 Å². The maximum atomic E-state index is 9.25. The second kappa shape index (κ2) is 4.53. The van der Waals surface area contributed by atoms with E-state index in [0.29, 0.717) is 16.4 Å². The number of rotatable bonds is 2. The zero-order valence-corrected chi connectivity index (χ0v) is 10.8. The summed E-state index contributed by atoms with van der Waals surface area (Å²) in [7, 11) is 0. The van der Waals surface area contributed by atoms with Gasteiger partial charge >= 0.3 is 0 Å². The Labute approximate surface area is 106 Å². The van der Waals surface area contributed by atoms with Gasteiger partial charge in [-0.1, -0.05) is 11.6 Å². The quantitative estimate of drug-likeness (QED) is 0.927. The lowest BCUT2D eigenvalue weighted by molar-refractivity contribution is 0.280. The second-order valence-corrected chi connectivity index (χ2v) is 4.62. The molecule has 2 heterocycles. The van der Waals surface area contributed by atoms with E-state index in [0.717, 1.165) is 10.2 Å². The smallest absolute Gasteiger partial charge is 0.158 e. The molecule has 4 nitrogen and oxygen atoms in total. The van der Waals surface area contributed by atoms with Crippen molar-refractivity contribution in [3.05, 3.63) is 39.2 Å². The van der Waals surface area contributed by atoms with E-state index in [9.17, 15) is 5.11 Å². The third-order valence-corrected chi connectivity index (χ3v) is 2.94. The van der Waals surface area contributed by atoms with Gasteiger partial charge in [0.15, 0.2) is 5.82 Å². The predicted octanol–water partition coefficient (Wildman–Crippen LogP) is 2.48. The van der Waals surface area contributed by atoms with Crippen LogP contribution in [0.3, 0.4) is 0 Å². The van der Waals surface area contributed by atoms with Crippen LogP contribution in [0.25, 0.3) is 5.82 Å². The molecule has 2 rings (SSSR count). The maximum Gasteiger partial charge on any atom is 0.158 e. The molecule has 0 spiro atoms. The summed E-state index contributed by atoms with van der Waals surface area (Å²) in [6.45, 7) is 1.72. The molecule has 0 aromatic carbocycles. The molecule has 16 heavy (non-hydrogen) atoms. The zero-order chi connectivity index (χ0) is 11.7. The number of hydrogen-bond acceptors (Lipinski definition) is 3. The number of aliphatic hydroxyl groups is 1. The number of aromatic nitrogens is 3. The maximum absolute atomic E-state index is 9.25. The average Bonchev–Trinajstić information content (AvgIpc) is 2.59. The molecule has 0 radical (unpaired) electrons. The van der Waals surface area contributed by atoms with Crippen molar-refractivity contribution in [2.45, 2.75) is 13.5 Å². The van der Waals surface area contributed by atoms with Crippen LogP contribution in [0.5, 0.6) is 0 Å². The molecule has 0 unspecified atom stereocenters. The van der Waals surface area contributed by atoms with E-state index in [1.807, 2.05) is 6.92 Å². The van der Waals surface area contributed by atoms with Gasteiger partial charge in [0.25, 0.3) is 0 Å². The van der Waals surface area contributed by atoms with Gasteiger partial charge in [-0.25, -0.2) is 9.67 Å². The van der Waals surface area contributed by atoms with E-state index in [-0.39, 0.29) is 6.61 Å². The molecular weight excluding hydrogens is 293 g/mol. The van der Waals surface area contributed by atoms with Crippen LogP contribution in [0.1, 0.15) is 11.3 Å². The summed E-state index contributed by atoms with van der Waals surface area (Å²) in [5.41, 5.74) is 1.42. The minimum atomic E-state index is -0.0989. The monoisotopic (exact) mass is 301 g/mol. The molecular formula is C10H9BrClN3O. The first-order chi connectivity index (χ1) is 7.61. The lowest BCUT2D eigenvalue weighted by Crippen LogP contribution is -2.03. The van der Waals surface area contributed by atoms with E-state index in [1.165, 1.54) is 0 Å². The molecule has 0 bridgehead atoms. The molecule has 1 N–H and O–H groups in total. The van der Waals surface area contributed by atoms with Gasteiger partial charge in [-0.3, -0.25) is 0 Å². The summed E-state index contributed by atoms with van der Waals surface area (Å²) < 4.78 is 2.38. The Bertz CT molecular complexity index is 507. The third-order valence-electron chi connectivity index (χ3n) is 2.14. The van der Waals surface area contributed by atoms with E-state index in [2.05, 4.69) is 26.0 Å². The van der Waals surface area contributed by atoms with Crippen molar-refractivity contribution >= 4 is 27.5 Å². The van der Waals surface area contributed by atoms with E-state index >= 15 is 0 Å². The van der Waals surface area contributed by atoms with Gasteiger partial charge in [-0.15, -0.1) is 0 Å². The summed E-state index contributed by atoms with van der Waals surface area (Å²) in [5, 5.41) is 14.0. The van der Waals surface area contributed by atoms with Gasteiger partial charge in [-0.05, 0) is 28.9 Å². The Balaban J connectivity index is 2.55. The lowest BCUT2D eigenvalue weighted by Gasteiger charge is -2.06. The van der Waals surface area contributed by atoms with Crippen molar-refractivity contribution in [1.82, 2.24) is 14.8 Å². The standard InChI is InChI=1S/C10H9BrClN3O/c1-6-9(12)4-15(14-6)10-7(5-16)2-8(11)3-13-10/h2-4,16H,5H2,1H3. The van der Waals surface area contributed by atoms with Crippen molar-refractivity contribution in [3.63, 3.8) is 0 Å². The Kier molecular flexibility index (Phi) is 3.28. The molecule has 0 saturated heterocycles. The highest BCUT2D eigenvalue weighted by molar-refractivity contribution is 9.10. The molecule has 0 saturated carbocycles. The van der Waals surface area contributed by atoms with Crippen molar-refractivity contribution in [2.24, 2.45) is 0 Å². The van der Waals surface area contributed by atoms with Gasteiger partial charge in [0.1, 0.15) is 0 Å².